The van der Waals surface area contributed by atoms with Crippen LogP contribution in [-0.2, 0) is 6.42 Å². The second-order valence-corrected chi connectivity index (χ2v) is 8.87. The van der Waals surface area contributed by atoms with Crippen LogP contribution in [0.3, 0.4) is 0 Å². The summed E-state index contributed by atoms with van der Waals surface area (Å²) in [6.45, 7) is 1.94. The van der Waals surface area contributed by atoms with Crippen molar-refractivity contribution in [3.63, 3.8) is 0 Å². The third-order valence-electron chi connectivity index (χ3n) is 6.45. The molecule has 3 aromatic carbocycles. The molecule has 0 aliphatic carbocycles. The third kappa shape index (κ3) is 3.73. The Hall–Kier alpha value is -3.31. The molecule has 2 amide bonds. The van der Waals surface area contributed by atoms with Crippen LogP contribution in [0.1, 0.15) is 30.0 Å². The van der Waals surface area contributed by atoms with E-state index in [0.717, 1.165) is 49.4 Å². The largest absolute Gasteiger partial charge is 0.339 e. The van der Waals surface area contributed by atoms with Crippen molar-refractivity contribution in [1.29, 1.82) is 0 Å². The fourth-order valence-corrected chi connectivity index (χ4v) is 5.04. The average molecular weight is 427 g/mol. The molecule has 1 atom stereocenters. The van der Waals surface area contributed by atoms with Crippen LogP contribution < -0.4 is 15.1 Å². The number of anilines is 4. The van der Waals surface area contributed by atoms with Gasteiger partial charge in [-0.2, -0.15) is 0 Å². The van der Waals surface area contributed by atoms with Gasteiger partial charge in [-0.25, -0.2) is 4.79 Å². The highest BCUT2D eigenvalue weighted by atomic mass is 16.2. The normalized spacial score (nSPS) is 16.5. The molecule has 2 aliphatic rings. The van der Waals surface area contributed by atoms with Crippen molar-refractivity contribution in [2.45, 2.75) is 25.3 Å². The van der Waals surface area contributed by atoms with Gasteiger partial charge in [0.1, 0.15) is 0 Å². The second kappa shape index (κ2) is 8.67. The Labute approximate surface area is 190 Å². The minimum Gasteiger partial charge on any atom is -0.339 e. The minimum absolute atomic E-state index is 0.0298. The van der Waals surface area contributed by atoms with Crippen LogP contribution in [0.2, 0.25) is 0 Å². The van der Waals surface area contributed by atoms with Gasteiger partial charge in [0.05, 0.1) is 17.4 Å². The highest BCUT2D eigenvalue weighted by molar-refractivity contribution is 6.06. The molecule has 0 saturated heterocycles. The lowest BCUT2D eigenvalue weighted by Crippen LogP contribution is -2.38. The fourth-order valence-electron chi connectivity index (χ4n) is 5.04. The Morgan fingerprint density at radius 3 is 2.50 bits per heavy atom. The van der Waals surface area contributed by atoms with E-state index in [1.807, 2.05) is 41.3 Å². The van der Waals surface area contributed by atoms with E-state index >= 15 is 0 Å². The van der Waals surface area contributed by atoms with Crippen LogP contribution in [0.25, 0.3) is 0 Å². The quantitative estimate of drug-likeness (QED) is 0.559. The number of urea groups is 1. The summed E-state index contributed by atoms with van der Waals surface area (Å²) in [5.74, 6) is 0. The maximum Gasteiger partial charge on any atom is 0.326 e. The van der Waals surface area contributed by atoms with Gasteiger partial charge in [-0.05, 0) is 75.3 Å². The molecule has 0 saturated carbocycles. The summed E-state index contributed by atoms with van der Waals surface area (Å²) in [6, 6.07) is 24.5. The Bertz CT molecular complexity index is 1110. The van der Waals surface area contributed by atoms with Gasteiger partial charge in [0.2, 0.25) is 0 Å². The van der Waals surface area contributed by atoms with Crippen molar-refractivity contribution in [2.24, 2.45) is 0 Å². The van der Waals surface area contributed by atoms with E-state index in [1.54, 1.807) is 0 Å². The summed E-state index contributed by atoms with van der Waals surface area (Å²) in [4.78, 5) is 20.4. The lowest BCUT2D eigenvalue weighted by molar-refractivity contribution is 0.254. The van der Waals surface area contributed by atoms with Crippen molar-refractivity contribution < 1.29 is 4.79 Å². The number of rotatable bonds is 5. The summed E-state index contributed by atoms with van der Waals surface area (Å²) in [6.07, 6.45) is 2.95. The average Bonchev–Trinajstić information content (AvgIpc) is 3.18. The topological polar surface area (TPSA) is 38.8 Å². The van der Waals surface area contributed by atoms with Crippen LogP contribution in [0.15, 0.2) is 72.8 Å². The van der Waals surface area contributed by atoms with Crippen LogP contribution in [0.4, 0.5) is 27.5 Å². The molecule has 0 aromatic heterocycles. The van der Waals surface area contributed by atoms with Crippen molar-refractivity contribution >= 4 is 28.8 Å². The molecule has 0 fully saturated rings. The standard InChI is InChI=1S/C27H30N4O/c1-29(2)18-9-16-23-22-13-8-10-20-17-19-30(26(20)22)24-14-6-7-15-25(24)31(23)27(32)28-21-11-4-3-5-12-21/h3-8,10-15,23H,9,16-19H2,1-2H3,(H,28,32). The molecule has 0 bridgehead atoms. The van der Waals surface area contributed by atoms with E-state index in [-0.39, 0.29) is 12.1 Å². The molecular weight excluding hydrogens is 396 g/mol. The third-order valence-corrected chi connectivity index (χ3v) is 6.45. The van der Waals surface area contributed by atoms with E-state index in [0.29, 0.717) is 0 Å². The molecule has 1 N–H and O–H groups in total. The Kier molecular flexibility index (Phi) is 5.58. The van der Waals surface area contributed by atoms with Gasteiger partial charge in [-0.1, -0.05) is 48.5 Å². The summed E-state index contributed by atoms with van der Waals surface area (Å²) in [5, 5.41) is 3.15. The van der Waals surface area contributed by atoms with E-state index in [1.165, 1.54) is 16.8 Å². The van der Waals surface area contributed by atoms with E-state index < -0.39 is 0 Å². The Balaban J connectivity index is 1.62. The van der Waals surface area contributed by atoms with Gasteiger partial charge in [0.15, 0.2) is 0 Å². The summed E-state index contributed by atoms with van der Waals surface area (Å²) < 4.78 is 0. The smallest absolute Gasteiger partial charge is 0.326 e. The highest BCUT2D eigenvalue weighted by Crippen LogP contribution is 2.50. The number of hydrogen-bond acceptors (Lipinski definition) is 3. The number of carbonyl (C=O) groups excluding carboxylic acids is 1. The molecule has 0 spiro atoms. The molecule has 5 nitrogen and oxygen atoms in total. The molecule has 2 heterocycles. The number of benzene rings is 3. The van der Waals surface area contributed by atoms with Crippen LogP contribution >= 0.6 is 0 Å². The number of nitrogens with one attached hydrogen (secondary N) is 1. The van der Waals surface area contributed by atoms with Crippen LogP contribution in [0, 0.1) is 0 Å². The van der Waals surface area contributed by atoms with E-state index in [4.69, 9.17) is 0 Å². The first-order valence-corrected chi connectivity index (χ1v) is 11.4. The number of fused-ring (bicyclic) bond motifs is 2. The first-order chi connectivity index (χ1) is 15.6. The lowest BCUT2D eigenvalue weighted by atomic mass is 9.96. The van der Waals surface area contributed by atoms with E-state index in [9.17, 15) is 4.79 Å². The molecule has 3 aromatic rings. The molecule has 5 heteroatoms. The molecule has 164 valence electrons. The Morgan fingerprint density at radius 2 is 1.72 bits per heavy atom. The summed E-state index contributed by atoms with van der Waals surface area (Å²) in [7, 11) is 4.20. The van der Waals surface area contributed by atoms with Crippen molar-refractivity contribution in [3.05, 3.63) is 83.9 Å². The maximum atomic E-state index is 13.8. The number of nitrogens with zero attached hydrogens (tertiary/aromatic N) is 3. The molecule has 2 aliphatic heterocycles. The van der Waals surface area contributed by atoms with Crippen molar-refractivity contribution in [3.8, 4) is 0 Å². The first-order valence-electron chi connectivity index (χ1n) is 11.4. The predicted octanol–water partition coefficient (Wildman–Crippen LogP) is 5.82. The van der Waals surface area contributed by atoms with Gasteiger partial charge >= 0.3 is 6.03 Å². The number of hydrogen-bond donors (Lipinski definition) is 1. The van der Waals surface area contributed by atoms with E-state index in [2.05, 4.69) is 65.6 Å². The van der Waals surface area contributed by atoms with Crippen molar-refractivity contribution in [1.82, 2.24) is 4.90 Å². The fraction of sp³-hybridized carbons (Fsp3) is 0.296. The van der Waals surface area contributed by atoms with Gasteiger partial charge < -0.3 is 15.1 Å². The van der Waals surface area contributed by atoms with Crippen LogP contribution in [0.5, 0.6) is 0 Å². The van der Waals surface area contributed by atoms with Gasteiger partial charge in [0.25, 0.3) is 0 Å². The van der Waals surface area contributed by atoms with Gasteiger partial charge in [0, 0.05) is 17.9 Å². The molecule has 1 unspecified atom stereocenters. The molecule has 0 radical (unpaired) electrons. The monoisotopic (exact) mass is 426 g/mol. The predicted molar refractivity (Wildman–Crippen MR) is 132 cm³/mol. The zero-order chi connectivity index (χ0) is 22.1. The molecular formula is C27H30N4O. The zero-order valence-electron chi connectivity index (χ0n) is 18.8. The summed E-state index contributed by atoms with van der Waals surface area (Å²) >= 11 is 0. The minimum atomic E-state index is -0.0859. The molecule has 32 heavy (non-hydrogen) atoms. The highest BCUT2D eigenvalue weighted by Gasteiger charge is 2.38. The Morgan fingerprint density at radius 1 is 0.969 bits per heavy atom. The molecule has 5 rings (SSSR count). The number of carbonyl (C=O) groups is 1. The maximum absolute atomic E-state index is 13.8. The first kappa shape index (κ1) is 20.6. The van der Waals surface area contributed by atoms with Gasteiger partial charge in [-0.3, -0.25) is 4.90 Å². The van der Waals surface area contributed by atoms with Crippen LogP contribution in [-0.4, -0.2) is 38.1 Å². The zero-order valence-corrected chi connectivity index (χ0v) is 18.8. The van der Waals surface area contributed by atoms with Gasteiger partial charge in [-0.15, -0.1) is 0 Å². The SMILES string of the molecule is CN(C)CCCC1c2cccc3c2N(CC3)c2ccccc2N1C(=O)Nc1ccccc1. The summed E-state index contributed by atoms with van der Waals surface area (Å²) in [5.41, 5.74) is 6.81. The number of amides is 2. The second-order valence-electron chi connectivity index (χ2n) is 8.87. The lowest BCUT2D eigenvalue weighted by Gasteiger charge is -2.32. The number of para-hydroxylation sites is 4. The van der Waals surface area contributed by atoms with Crippen molar-refractivity contribution in [2.75, 3.05) is 42.3 Å².